The van der Waals surface area contributed by atoms with Crippen LogP contribution in [0.3, 0.4) is 0 Å². The standard InChI is InChI=1S/C47H72N2O16/c1-5-29-22-31(33(53)19-12-20-48-44(58)32-18-10-9-16-30(32)17-11-13-25(2)51)23-34(42(29)65-47-41(57)40(56)38(54)26(3)61-47)63-46-37(49-27(4)52)43(39(55)36(24-50)64-46)62-35(45(59)60)21-28-14-7-6-8-15-28/h9-10,16,18,26,28-29,31,34-43,46-47,50,54-57H,5-8,11-15,17,19-24H2,1-4H3,(H,48,58)(H,49,52)(H,59,60)/t26?,29?,31?,34-,35+,36+,37?,38-,39+,40+,41?,42-,43?,46-,47+/m1/s1. The Morgan fingerprint density at radius 2 is 1.57 bits per heavy atom. The van der Waals surface area contributed by atoms with Crippen molar-refractivity contribution in [2.75, 3.05) is 13.2 Å². The molecule has 18 heteroatoms. The molecule has 65 heavy (non-hydrogen) atoms. The summed E-state index contributed by atoms with van der Waals surface area (Å²) >= 11 is 0. The van der Waals surface area contributed by atoms with Crippen LogP contribution in [0.5, 0.6) is 0 Å². The lowest BCUT2D eigenvalue weighted by Crippen LogP contribution is -2.67. The molecule has 0 radical (unpaired) electrons. The number of Topliss-reactive ketones (excluding diaryl/α,β-unsaturated/α-hetero) is 2. The highest BCUT2D eigenvalue weighted by molar-refractivity contribution is 5.95. The summed E-state index contributed by atoms with van der Waals surface area (Å²) in [6.45, 7) is 5.65. The summed E-state index contributed by atoms with van der Waals surface area (Å²) in [5.74, 6) is -3.10. The highest BCUT2D eigenvalue weighted by atomic mass is 16.7. The lowest BCUT2D eigenvalue weighted by molar-refractivity contribution is -0.338. The van der Waals surface area contributed by atoms with Gasteiger partial charge in [0.15, 0.2) is 18.7 Å². The Morgan fingerprint density at radius 1 is 0.846 bits per heavy atom. The van der Waals surface area contributed by atoms with E-state index in [1.807, 2.05) is 19.1 Å². The number of nitrogens with one attached hydrogen (secondary N) is 2. The molecule has 6 unspecified atom stereocenters. The van der Waals surface area contributed by atoms with Crippen LogP contribution >= 0.6 is 0 Å². The Morgan fingerprint density at radius 3 is 2.23 bits per heavy atom. The molecule has 5 rings (SSSR count). The van der Waals surface area contributed by atoms with Gasteiger partial charge in [0, 0.05) is 37.8 Å². The van der Waals surface area contributed by atoms with Crippen molar-refractivity contribution in [3.63, 3.8) is 0 Å². The third kappa shape index (κ3) is 14.3. The zero-order chi connectivity index (χ0) is 47.4. The molecule has 2 saturated heterocycles. The molecule has 2 aliphatic heterocycles. The number of hydrogen-bond acceptors (Lipinski definition) is 15. The number of amides is 2. The van der Waals surface area contributed by atoms with Crippen LogP contribution in [0.2, 0.25) is 0 Å². The third-order valence-corrected chi connectivity index (χ3v) is 13.5. The van der Waals surface area contributed by atoms with Gasteiger partial charge in [-0.1, -0.05) is 63.6 Å². The van der Waals surface area contributed by atoms with Gasteiger partial charge in [0.25, 0.3) is 5.91 Å². The van der Waals surface area contributed by atoms with Gasteiger partial charge >= 0.3 is 5.97 Å². The summed E-state index contributed by atoms with van der Waals surface area (Å²) < 4.78 is 31.3. The quantitative estimate of drug-likeness (QED) is 0.0774. The molecule has 4 aliphatic rings. The number of aliphatic carboxylic acids is 1. The van der Waals surface area contributed by atoms with E-state index < -0.39 is 110 Å². The van der Waals surface area contributed by atoms with Crippen molar-refractivity contribution in [2.24, 2.45) is 17.8 Å². The topological polar surface area (TPSA) is 277 Å². The first kappa shape index (κ1) is 52.5. The van der Waals surface area contributed by atoms with Gasteiger partial charge in [0.05, 0.1) is 24.9 Å². The molecule has 2 heterocycles. The number of ketones is 2. The second-order valence-corrected chi connectivity index (χ2v) is 18.4. The largest absolute Gasteiger partial charge is 0.479 e. The van der Waals surface area contributed by atoms with E-state index in [1.165, 1.54) is 20.8 Å². The van der Waals surface area contributed by atoms with Crippen LogP contribution in [-0.2, 0) is 49.3 Å². The summed E-state index contributed by atoms with van der Waals surface area (Å²) in [5.41, 5.74) is 1.33. The summed E-state index contributed by atoms with van der Waals surface area (Å²) in [4.78, 5) is 64.2. The summed E-state index contributed by atoms with van der Waals surface area (Å²) in [7, 11) is 0. The molecule has 1 aromatic rings. The Bertz CT molecular complexity index is 1730. The summed E-state index contributed by atoms with van der Waals surface area (Å²) in [5, 5.41) is 69.9. The number of carbonyl (C=O) groups is 5. The van der Waals surface area contributed by atoms with Crippen molar-refractivity contribution in [3.05, 3.63) is 35.4 Å². The van der Waals surface area contributed by atoms with Crippen LogP contribution in [-0.4, -0.2) is 153 Å². The molecule has 18 nitrogen and oxygen atoms in total. The van der Waals surface area contributed by atoms with Crippen molar-refractivity contribution in [1.29, 1.82) is 0 Å². The molecular formula is C47H72N2O16. The van der Waals surface area contributed by atoms with Crippen LogP contribution < -0.4 is 10.6 Å². The van der Waals surface area contributed by atoms with Gasteiger partial charge in [0.2, 0.25) is 5.91 Å². The maximum atomic E-state index is 14.1. The molecular weight excluding hydrogens is 849 g/mol. The van der Waals surface area contributed by atoms with Gasteiger partial charge in [-0.3, -0.25) is 14.4 Å². The van der Waals surface area contributed by atoms with Gasteiger partial charge in [-0.15, -0.1) is 0 Å². The highest BCUT2D eigenvalue weighted by Gasteiger charge is 2.53. The van der Waals surface area contributed by atoms with Gasteiger partial charge in [-0.05, 0) is 75.8 Å². The van der Waals surface area contributed by atoms with E-state index in [-0.39, 0.29) is 49.2 Å². The van der Waals surface area contributed by atoms with Crippen LogP contribution in [0.15, 0.2) is 24.3 Å². The van der Waals surface area contributed by atoms with Crippen molar-refractivity contribution >= 4 is 29.4 Å². The first-order chi connectivity index (χ1) is 31.0. The molecule has 0 aromatic heterocycles. The predicted molar refractivity (Wildman–Crippen MR) is 232 cm³/mol. The van der Waals surface area contributed by atoms with Crippen molar-refractivity contribution < 1.29 is 78.3 Å². The Balaban J connectivity index is 1.36. The number of aryl methyl sites for hydroxylation is 1. The van der Waals surface area contributed by atoms with Crippen molar-refractivity contribution in [2.45, 2.75) is 197 Å². The second kappa shape index (κ2) is 25.1. The number of carboxylic acid groups (broad SMARTS) is 1. The number of carboxylic acids is 1. The zero-order valence-electron chi connectivity index (χ0n) is 38.1. The SMILES string of the molecule is CCC1CC(C(=O)CCCNC(=O)c2ccccc2CCCC(C)=O)C[C@@H](O[C@@H]2O[C@@H](CO)[C@H](O)C(O[C@@H](CC3CCCCC3)C(=O)O)C2NC(C)=O)[C@@H]1O[C@@H]1OC(C)[C@@H](O)[C@H](O)C1O. The molecule has 2 aliphatic carbocycles. The monoisotopic (exact) mass is 920 g/mol. The van der Waals surface area contributed by atoms with E-state index in [0.717, 1.165) is 37.7 Å². The first-order valence-electron chi connectivity index (χ1n) is 23.5. The Kier molecular flexibility index (Phi) is 20.3. The van der Waals surface area contributed by atoms with Crippen LogP contribution in [0.1, 0.15) is 127 Å². The van der Waals surface area contributed by atoms with Gasteiger partial charge < -0.3 is 69.8 Å². The molecule has 366 valence electrons. The fourth-order valence-corrected chi connectivity index (χ4v) is 9.88. The van der Waals surface area contributed by atoms with E-state index in [2.05, 4.69) is 10.6 Å². The van der Waals surface area contributed by atoms with Gasteiger partial charge in [-0.2, -0.15) is 0 Å². The number of carbonyl (C=O) groups excluding carboxylic acids is 4. The van der Waals surface area contributed by atoms with E-state index in [1.54, 1.807) is 12.1 Å². The number of hydrogen-bond donors (Lipinski definition) is 8. The zero-order valence-corrected chi connectivity index (χ0v) is 38.1. The number of rotatable bonds is 22. The molecule has 0 bridgehead atoms. The van der Waals surface area contributed by atoms with E-state index >= 15 is 0 Å². The minimum atomic E-state index is -1.66. The smallest absolute Gasteiger partial charge is 0.332 e. The van der Waals surface area contributed by atoms with E-state index in [0.29, 0.717) is 44.1 Å². The van der Waals surface area contributed by atoms with Gasteiger partial charge in [0.1, 0.15) is 54.2 Å². The predicted octanol–water partition coefficient (Wildman–Crippen LogP) is 2.10. The Hall–Kier alpha value is -3.43. The molecule has 15 atom stereocenters. The molecule has 0 spiro atoms. The number of ether oxygens (including phenoxy) is 5. The first-order valence-corrected chi connectivity index (χ1v) is 23.5. The lowest BCUT2D eigenvalue weighted by atomic mass is 9.74. The van der Waals surface area contributed by atoms with Crippen LogP contribution in [0, 0.1) is 17.8 Å². The van der Waals surface area contributed by atoms with E-state index in [9.17, 15) is 54.6 Å². The number of aliphatic hydroxyl groups is 5. The van der Waals surface area contributed by atoms with Crippen molar-refractivity contribution in [3.8, 4) is 0 Å². The maximum Gasteiger partial charge on any atom is 0.332 e. The fourth-order valence-electron chi connectivity index (χ4n) is 9.88. The molecule has 2 amide bonds. The minimum absolute atomic E-state index is 0.0352. The highest BCUT2D eigenvalue weighted by Crippen LogP contribution is 2.40. The van der Waals surface area contributed by atoms with Crippen LogP contribution in [0.25, 0.3) is 0 Å². The average Bonchev–Trinajstić information content (AvgIpc) is 3.28. The molecule has 1 aromatic carbocycles. The minimum Gasteiger partial charge on any atom is -0.479 e. The third-order valence-electron chi connectivity index (χ3n) is 13.5. The normalized spacial score (nSPS) is 33.7. The molecule has 8 N–H and O–H groups in total. The number of aliphatic hydroxyl groups excluding tert-OH is 5. The summed E-state index contributed by atoms with van der Waals surface area (Å²) in [6, 6.07) is 5.87. The lowest BCUT2D eigenvalue weighted by Gasteiger charge is -2.49. The van der Waals surface area contributed by atoms with Gasteiger partial charge in [-0.25, -0.2) is 4.79 Å². The van der Waals surface area contributed by atoms with Crippen LogP contribution in [0.4, 0.5) is 0 Å². The fraction of sp³-hybridized carbons (Fsp3) is 0.766. The van der Waals surface area contributed by atoms with E-state index in [4.69, 9.17) is 23.7 Å². The average molecular weight is 921 g/mol. The molecule has 4 fully saturated rings. The Labute approximate surface area is 381 Å². The number of benzene rings is 1. The second-order valence-electron chi connectivity index (χ2n) is 18.4. The van der Waals surface area contributed by atoms with Crippen molar-refractivity contribution in [1.82, 2.24) is 10.6 Å². The maximum absolute atomic E-state index is 14.1. The summed E-state index contributed by atoms with van der Waals surface area (Å²) in [6.07, 6.45) is -8.59. The molecule has 2 saturated carbocycles.